The molecule has 1 heterocycles. The van der Waals surface area contributed by atoms with E-state index in [1.807, 2.05) is 45.0 Å². The molecule has 1 aromatic heterocycles. The number of nitrogen functional groups attached to an aromatic ring is 1. The zero-order valence-electron chi connectivity index (χ0n) is 16.4. The molecule has 2 aromatic rings. The average molecular weight is 372 g/mol. The molecule has 1 amide bonds. The number of nitrogens with zero attached hydrogens (tertiary/aromatic N) is 2. The van der Waals surface area contributed by atoms with Gasteiger partial charge in [-0.15, -0.1) is 0 Å². The fourth-order valence-corrected chi connectivity index (χ4v) is 2.54. The Morgan fingerprint density at radius 3 is 2.48 bits per heavy atom. The minimum atomic E-state index is -0.533. The van der Waals surface area contributed by atoms with Gasteiger partial charge in [-0.25, -0.2) is 4.79 Å². The molecule has 1 aromatic carbocycles. The van der Waals surface area contributed by atoms with Crippen molar-refractivity contribution in [2.75, 3.05) is 12.3 Å². The molecule has 0 saturated heterocycles. The monoisotopic (exact) mass is 372 g/mol. The van der Waals surface area contributed by atoms with Crippen LogP contribution in [0.4, 0.5) is 10.7 Å². The van der Waals surface area contributed by atoms with Crippen molar-refractivity contribution >= 4 is 12.0 Å². The molecule has 0 spiro atoms. The predicted molar refractivity (Wildman–Crippen MR) is 106 cm³/mol. The van der Waals surface area contributed by atoms with E-state index in [1.165, 1.54) is 0 Å². The molecule has 146 valence electrons. The number of aromatic amines is 1. The summed E-state index contributed by atoms with van der Waals surface area (Å²) in [7, 11) is 0. The van der Waals surface area contributed by atoms with Crippen LogP contribution in [0.15, 0.2) is 35.3 Å². The lowest BCUT2D eigenvalue weighted by molar-refractivity contribution is 0.0231. The third-order valence-electron chi connectivity index (χ3n) is 3.89. The normalized spacial score (nSPS) is 11.3. The first-order valence-electron chi connectivity index (χ1n) is 9.12. The Balaban J connectivity index is 2.15. The molecule has 0 saturated carbocycles. The van der Waals surface area contributed by atoms with Crippen LogP contribution in [-0.4, -0.2) is 33.1 Å². The Bertz CT molecular complexity index is 822. The smallest absolute Gasteiger partial charge is 0.410 e. The van der Waals surface area contributed by atoms with Gasteiger partial charge in [0, 0.05) is 19.3 Å². The molecule has 0 fully saturated rings. The zero-order valence-corrected chi connectivity index (χ0v) is 16.4. The van der Waals surface area contributed by atoms with Gasteiger partial charge in [-0.2, -0.15) is 4.98 Å². The van der Waals surface area contributed by atoms with Gasteiger partial charge in [-0.1, -0.05) is 37.6 Å². The lowest BCUT2D eigenvalue weighted by Gasteiger charge is -2.27. The van der Waals surface area contributed by atoms with E-state index >= 15 is 0 Å². The second kappa shape index (κ2) is 8.70. The van der Waals surface area contributed by atoms with E-state index in [4.69, 9.17) is 10.5 Å². The first kappa shape index (κ1) is 20.5. The summed E-state index contributed by atoms with van der Waals surface area (Å²) in [5.41, 5.74) is 6.72. The molecule has 0 atom stereocenters. The minimum absolute atomic E-state index is 0.0873. The minimum Gasteiger partial charge on any atom is -0.444 e. The zero-order chi connectivity index (χ0) is 20.0. The molecule has 3 N–H and O–H groups in total. The van der Waals surface area contributed by atoms with E-state index in [0.29, 0.717) is 18.7 Å². The molecular formula is C20H28N4O3. The summed E-state index contributed by atoms with van der Waals surface area (Å²) in [5, 5.41) is 0. The van der Waals surface area contributed by atoms with E-state index in [2.05, 4.69) is 16.9 Å². The van der Waals surface area contributed by atoms with Gasteiger partial charge in [0.2, 0.25) is 5.95 Å². The number of hydrogen-bond acceptors (Lipinski definition) is 5. The number of unbranched alkanes of at least 4 members (excludes halogenated alkanes) is 1. The van der Waals surface area contributed by atoms with Crippen molar-refractivity contribution < 1.29 is 9.53 Å². The Hall–Kier alpha value is -2.83. The topological polar surface area (TPSA) is 101 Å². The Labute approximate surface area is 159 Å². The van der Waals surface area contributed by atoms with E-state index in [0.717, 1.165) is 24.0 Å². The molecule has 0 bridgehead atoms. The number of anilines is 1. The molecule has 0 aliphatic rings. The van der Waals surface area contributed by atoms with Gasteiger partial charge in [0.1, 0.15) is 5.60 Å². The second-order valence-corrected chi connectivity index (χ2v) is 7.46. The summed E-state index contributed by atoms with van der Waals surface area (Å²) in [4.78, 5) is 32.6. The molecular weight excluding hydrogens is 344 g/mol. The highest BCUT2D eigenvalue weighted by molar-refractivity contribution is 5.68. The molecule has 0 aliphatic heterocycles. The summed E-state index contributed by atoms with van der Waals surface area (Å²) in [6.45, 7) is 8.74. The number of ether oxygens (including phenoxy) is 1. The Morgan fingerprint density at radius 1 is 1.26 bits per heavy atom. The van der Waals surface area contributed by atoms with Crippen LogP contribution in [0.3, 0.4) is 0 Å². The van der Waals surface area contributed by atoms with Crippen LogP contribution in [0, 0.1) is 0 Å². The number of carbonyl (C=O) groups is 1. The fourth-order valence-electron chi connectivity index (χ4n) is 2.54. The number of nitrogens with one attached hydrogen (secondary N) is 1. The fraction of sp³-hybridized carbons (Fsp3) is 0.450. The highest BCUT2D eigenvalue weighted by Gasteiger charge is 2.22. The van der Waals surface area contributed by atoms with Crippen LogP contribution >= 0.6 is 0 Å². The highest BCUT2D eigenvalue weighted by atomic mass is 16.6. The van der Waals surface area contributed by atoms with Gasteiger partial charge in [-0.3, -0.25) is 4.79 Å². The Morgan fingerprint density at radius 2 is 1.93 bits per heavy atom. The number of carbonyl (C=O) groups excluding carboxylic acids is 1. The van der Waals surface area contributed by atoms with Crippen molar-refractivity contribution in [3.63, 3.8) is 0 Å². The van der Waals surface area contributed by atoms with Crippen LogP contribution in [-0.2, 0) is 11.3 Å². The molecule has 0 aliphatic carbocycles. The molecule has 2 rings (SSSR count). The van der Waals surface area contributed by atoms with Gasteiger partial charge in [0.15, 0.2) is 0 Å². The second-order valence-electron chi connectivity index (χ2n) is 7.46. The van der Waals surface area contributed by atoms with Gasteiger partial charge in [-0.05, 0) is 38.3 Å². The summed E-state index contributed by atoms with van der Waals surface area (Å²) in [5.74, 6) is 0.0873. The third kappa shape index (κ3) is 6.13. The van der Waals surface area contributed by atoms with Crippen LogP contribution < -0.4 is 11.3 Å². The van der Waals surface area contributed by atoms with E-state index < -0.39 is 5.60 Å². The number of aromatic nitrogens is 2. The maximum Gasteiger partial charge on any atom is 0.410 e. The highest BCUT2D eigenvalue weighted by Crippen LogP contribution is 2.18. The number of H-pyrrole nitrogens is 1. The lowest BCUT2D eigenvalue weighted by atomic mass is 10.1. The third-order valence-corrected chi connectivity index (χ3v) is 3.89. The maximum atomic E-state index is 12.5. The first-order chi connectivity index (χ1) is 12.7. The van der Waals surface area contributed by atoms with Crippen LogP contribution in [0.2, 0.25) is 0 Å². The summed E-state index contributed by atoms with van der Waals surface area (Å²) < 4.78 is 5.51. The number of rotatable bonds is 6. The molecule has 7 nitrogen and oxygen atoms in total. The van der Waals surface area contributed by atoms with Crippen molar-refractivity contribution in [2.45, 2.75) is 52.7 Å². The molecule has 7 heteroatoms. The quantitative estimate of drug-likeness (QED) is 0.807. The summed E-state index contributed by atoms with van der Waals surface area (Å²) in [6, 6.07) is 7.47. The Kier molecular flexibility index (Phi) is 6.60. The lowest BCUT2D eigenvalue weighted by Crippen LogP contribution is -2.37. The van der Waals surface area contributed by atoms with Crippen molar-refractivity contribution in [3.05, 3.63) is 46.4 Å². The molecule has 27 heavy (non-hydrogen) atoms. The summed E-state index contributed by atoms with van der Waals surface area (Å²) in [6.07, 6.45) is 3.13. The van der Waals surface area contributed by atoms with Gasteiger partial charge in [0.25, 0.3) is 5.56 Å². The van der Waals surface area contributed by atoms with E-state index in [1.54, 1.807) is 11.1 Å². The van der Waals surface area contributed by atoms with Gasteiger partial charge >= 0.3 is 6.09 Å². The largest absolute Gasteiger partial charge is 0.444 e. The van der Waals surface area contributed by atoms with Crippen LogP contribution in [0.5, 0.6) is 0 Å². The number of hydrogen-bond donors (Lipinski definition) is 2. The van der Waals surface area contributed by atoms with Crippen LogP contribution in [0.25, 0.3) is 11.1 Å². The molecule has 0 radical (unpaired) electrons. The number of nitrogens with two attached hydrogens (primary N) is 1. The first-order valence-corrected chi connectivity index (χ1v) is 9.12. The van der Waals surface area contributed by atoms with Crippen LogP contribution in [0.1, 0.15) is 46.1 Å². The SMILES string of the molecule is CCCCN(Cc1ccc(-c2c[nH]c(N)nc2=O)cc1)C(=O)OC(C)(C)C. The van der Waals surface area contributed by atoms with Crippen molar-refractivity contribution in [3.8, 4) is 11.1 Å². The van der Waals surface area contributed by atoms with E-state index in [9.17, 15) is 9.59 Å². The standard InChI is InChI=1S/C20H28N4O3/c1-5-6-11-24(19(26)27-20(2,3)4)13-14-7-9-15(10-8-14)16-12-22-18(21)23-17(16)25/h7-10,12H,5-6,11,13H2,1-4H3,(H3,21,22,23,25). The van der Waals surface area contributed by atoms with Crippen molar-refractivity contribution in [1.82, 2.24) is 14.9 Å². The van der Waals surface area contributed by atoms with Crippen molar-refractivity contribution in [2.24, 2.45) is 0 Å². The number of amides is 1. The summed E-state index contributed by atoms with van der Waals surface area (Å²) >= 11 is 0. The predicted octanol–water partition coefficient (Wildman–Crippen LogP) is 3.56. The van der Waals surface area contributed by atoms with Gasteiger partial charge < -0.3 is 20.4 Å². The van der Waals surface area contributed by atoms with E-state index in [-0.39, 0.29) is 17.6 Å². The number of benzene rings is 1. The van der Waals surface area contributed by atoms with Gasteiger partial charge in [0.05, 0.1) is 5.56 Å². The average Bonchev–Trinajstić information content (AvgIpc) is 2.58. The maximum absolute atomic E-state index is 12.5. The van der Waals surface area contributed by atoms with Crippen molar-refractivity contribution in [1.29, 1.82) is 0 Å². The molecule has 0 unspecified atom stereocenters.